The summed E-state index contributed by atoms with van der Waals surface area (Å²) in [7, 11) is 0. The summed E-state index contributed by atoms with van der Waals surface area (Å²) in [5.74, 6) is -0.0144. The number of carbonyl (C=O) groups excluding carboxylic acids is 1. The minimum absolute atomic E-state index is 0.0144. The van der Waals surface area contributed by atoms with Crippen molar-refractivity contribution in [3.63, 3.8) is 0 Å². The number of nitrogen functional groups attached to an aromatic ring is 1. The van der Waals surface area contributed by atoms with Crippen molar-refractivity contribution in [3.05, 3.63) is 27.3 Å². The molecule has 0 aromatic heterocycles. The predicted octanol–water partition coefficient (Wildman–Crippen LogP) is 1.47. The number of aliphatic hydroxyl groups excluding tert-OH is 1. The summed E-state index contributed by atoms with van der Waals surface area (Å²) in [5, 5.41) is 9.22. The van der Waals surface area contributed by atoms with Gasteiger partial charge in [-0.3, -0.25) is 4.79 Å². The van der Waals surface area contributed by atoms with Crippen molar-refractivity contribution < 1.29 is 9.90 Å². The van der Waals surface area contributed by atoms with Gasteiger partial charge in [0.05, 0.1) is 12.6 Å². The van der Waals surface area contributed by atoms with Crippen molar-refractivity contribution in [1.29, 1.82) is 0 Å². The molecule has 17 heavy (non-hydrogen) atoms. The highest BCUT2D eigenvalue weighted by Crippen LogP contribution is 2.22. The van der Waals surface area contributed by atoms with Crippen LogP contribution in [0.5, 0.6) is 0 Å². The second kappa shape index (κ2) is 5.22. The fourth-order valence-corrected chi connectivity index (χ4v) is 2.63. The first-order valence-electron chi connectivity index (χ1n) is 5.60. The van der Waals surface area contributed by atoms with Crippen LogP contribution in [0.15, 0.2) is 18.2 Å². The average molecular weight is 346 g/mol. The molecule has 0 saturated carbocycles. The van der Waals surface area contributed by atoms with E-state index in [4.69, 9.17) is 5.73 Å². The normalized spacial score (nSPS) is 19.6. The van der Waals surface area contributed by atoms with E-state index in [0.717, 1.165) is 23.0 Å². The molecule has 1 aliphatic heterocycles. The van der Waals surface area contributed by atoms with E-state index in [1.54, 1.807) is 23.1 Å². The van der Waals surface area contributed by atoms with Gasteiger partial charge in [0.1, 0.15) is 0 Å². The number of benzene rings is 1. The molecule has 1 aliphatic rings. The lowest BCUT2D eigenvalue weighted by molar-refractivity contribution is 0.0677. The van der Waals surface area contributed by atoms with Crippen LogP contribution in [0, 0.1) is 3.57 Å². The number of hydrogen-bond acceptors (Lipinski definition) is 3. The standard InChI is InChI=1S/C12H15IN2O2/c13-10-6-8(3-4-11(10)14)12(17)15-5-1-2-9(15)7-16/h3-4,6,9,16H,1-2,5,7,14H2/t9-/m0/s1. The van der Waals surface area contributed by atoms with Gasteiger partial charge < -0.3 is 15.7 Å². The highest BCUT2D eigenvalue weighted by molar-refractivity contribution is 14.1. The molecule has 1 amide bonds. The molecular formula is C12H15IN2O2. The summed E-state index contributed by atoms with van der Waals surface area (Å²) in [6, 6.07) is 5.26. The van der Waals surface area contributed by atoms with E-state index in [1.165, 1.54) is 0 Å². The molecule has 0 unspecified atom stereocenters. The van der Waals surface area contributed by atoms with Crippen LogP contribution >= 0.6 is 22.6 Å². The molecule has 1 atom stereocenters. The van der Waals surface area contributed by atoms with E-state index in [1.807, 2.05) is 0 Å². The van der Waals surface area contributed by atoms with Crippen LogP contribution in [0.25, 0.3) is 0 Å². The molecule has 0 radical (unpaired) electrons. The molecular weight excluding hydrogens is 331 g/mol. The number of nitrogens with zero attached hydrogens (tertiary/aromatic N) is 1. The number of nitrogens with two attached hydrogens (primary N) is 1. The van der Waals surface area contributed by atoms with Crippen LogP contribution in [-0.4, -0.2) is 35.1 Å². The van der Waals surface area contributed by atoms with Crippen molar-refractivity contribution in [2.75, 3.05) is 18.9 Å². The highest BCUT2D eigenvalue weighted by Gasteiger charge is 2.28. The predicted molar refractivity (Wildman–Crippen MR) is 74.7 cm³/mol. The van der Waals surface area contributed by atoms with Crippen molar-refractivity contribution >= 4 is 34.2 Å². The largest absolute Gasteiger partial charge is 0.398 e. The molecule has 1 heterocycles. The van der Waals surface area contributed by atoms with Crippen LogP contribution in [0.2, 0.25) is 0 Å². The molecule has 3 N–H and O–H groups in total. The quantitative estimate of drug-likeness (QED) is 0.630. The van der Waals surface area contributed by atoms with Gasteiger partial charge in [-0.1, -0.05) is 0 Å². The first-order chi connectivity index (χ1) is 8.13. The second-order valence-corrected chi connectivity index (χ2v) is 5.38. The number of hydrogen-bond donors (Lipinski definition) is 2. The molecule has 0 aliphatic carbocycles. The van der Waals surface area contributed by atoms with Crippen molar-refractivity contribution in [2.45, 2.75) is 18.9 Å². The Morgan fingerprint density at radius 1 is 1.59 bits per heavy atom. The number of carbonyl (C=O) groups is 1. The zero-order valence-electron chi connectivity index (χ0n) is 9.40. The number of likely N-dealkylation sites (tertiary alicyclic amines) is 1. The Balaban J connectivity index is 2.21. The van der Waals surface area contributed by atoms with E-state index < -0.39 is 0 Å². The van der Waals surface area contributed by atoms with Gasteiger partial charge in [0.2, 0.25) is 0 Å². The van der Waals surface area contributed by atoms with Gasteiger partial charge in [-0.25, -0.2) is 0 Å². The summed E-state index contributed by atoms with van der Waals surface area (Å²) >= 11 is 2.12. The van der Waals surface area contributed by atoms with Gasteiger partial charge in [0, 0.05) is 21.4 Å². The molecule has 1 fully saturated rings. The van der Waals surface area contributed by atoms with Crippen LogP contribution in [0.3, 0.4) is 0 Å². The van der Waals surface area contributed by atoms with Gasteiger partial charge in [-0.2, -0.15) is 0 Å². The maximum Gasteiger partial charge on any atom is 0.254 e. The smallest absolute Gasteiger partial charge is 0.254 e. The Bertz CT molecular complexity index is 437. The van der Waals surface area contributed by atoms with E-state index in [9.17, 15) is 9.90 Å². The maximum absolute atomic E-state index is 12.3. The minimum atomic E-state index is -0.0299. The molecule has 5 heteroatoms. The first-order valence-corrected chi connectivity index (χ1v) is 6.68. The molecule has 4 nitrogen and oxygen atoms in total. The maximum atomic E-state index is 12.3. The zero-order chi connectivity index (χ0) is 12.4. The van der Waals surface area contributed by atoms with Gasteiger partial charge in [0.15, 0.2) is 0 Å². The number of anilines is 1. The van der Waals surface area contributed by atoms with Crippen molar-refractivity contribution in [2.24, 2.45) is 0 Å². The Morgan fingerprint density at radius 3 is 3.00 bits per heavy atom. The number of rotatable bonds is 2. The molecule has 1 aromatic rings. The summed E-state index contributed by atoms with van der Waals surface area (Å²) in [6.07, 6.45) is 1.84. The first kappa shape index (κ1) is 12.6. The Hall–Kier alpha value is -0.820. The lowest BCUT2D eigenvalue weighted by Crippen LogP contribution is -2.37. The summed E-state index contributed by atoms with van der Waals surface area (Å²) < 4.78 is 0.883. The summed E-state index contributed by atoms with van der Waals surface area (Å²) in [4.78, 5) is 14.0. The highest BCUT2D eigenvalue weighted by atomic mass is 127. The fourth-order valence-electron chi connectivity index (χ4n) is 2.12. The van der Waals surface area contributed by atoms with Gasteiger partial charge in [-0.15, -0.1) is 0 Å². The van der Waals surface area contributed by atoms with Crippen molar-refractivity contribution in [3.8, 4) is 0 Å². The molecule has 2 rings (SSSR count). The van der Waals surface area contributed by atoms with E-state index >= 15 is 0 Å². The molecule has 1 aromatic carbocycles. The molecule has 0 bridgehead atoms. The Labute approximate surface area is 114 Å². The van der Waals surface area contributed by atoms with Crippen LogP contribution in [0.4, 0.5) is 5.69 Å². The third-order valence-corrected chi connectivity index (χ3v) is 4.03. The Kier molecular flexibility index (Phi) is 3.88. The lowest BCUT2D eigenvalue weighted by atomic mass is 10.1. The fraction of sp³-hybridized carbons (Fsp3) is 0.417. The van der Waals surface area contributed by atoms with Gasteiger partial charge in [-0.05, 0) is 53.6 Å². The molecule has 92 valence electrons. The molecule has 0 spiro atoms. The second-order valence-electron chi connectivity index (χ2n) is 4.21. The number of aliphatic hydroxyl groups is 1. The van der Waals surface area contributed by atoms with E-state index in [0.29, 0.717) is 11.3 Å². The van der Waals surface area contributed by atoms with Crippen LogP contribution in [-0.2, 0) is 0 Å². The number of halogens is 1. The number of amides is 1. The van der Waals surface area contributed by atoms with Crippen LogP contribution in [0.1, 0.15) is 23.2 Å². The Morgan fingerprint density at radius 2 is 2.35 bits per heavy atom. The lowest BCUT2D eigenvalue weighted by Gasteiger charge is -2.23. The third kappa shape index (κ3) is 2.55. The van der Waals surface area contributed by atoms with Gasteiger partial charge >= 0.3 is 0 Å². The summed E-state index contributed by atoms with van der Waals surface area (Å²) in [5.41, 5.74) is 7.05. The van der Waals surface area contributed by atoms with E-state index in [-0.39, 0.29) is 18.6 Å². The SMILES string of the molecule is Nc1ccc(C(=O)N2CCC[C@H]2CO)cc1I. The average Bonchev–Trinajstić information content (AvgIpc) is 2.80. The minimum Gasteiger partial charge on any atom is -0.398 e. The van der Waals surface area contributed by atoms with Gasteiger partial charge in [0.25, 0.3) is 5.91 Å². The summed E-state index contributed by atoms with van der Waals surface area (Å²) in [6.45, 7) is 0.767. The third-order valence-electron chi connectivity index (χ3n) is 3.10. The molecule has 1 saturated heterocycles. The van der Waals surface area contributed by atoms with Crippen molar-refractivity contribution in [1.82, 2.24) is 4.90 Å². The monoisotopic (exact) mass is 346 g/mol. The van der Waals surface area contributed by atoms with Crippen LogP contribution < -0.4 is 5.73 Å². The zero-order valence-corrected chi connectivity index (χ0v) is 11.6. The van der Waals surface area contributed by atoms with E-state index in [2.05, 4.69) is 22.6 Å². The topological polar surface area (TPSA) is 66.6 Å².